The number of aromatic nitrogens is 5. The Hall–Kier alpha value is -5.05. The van der Waals surface area contributed by atoms with Gasteiger partial charge in [0.15, 0.2) is 5.65 Å². The molecule has 0 saturated carbocycles. The summed E-state index contributed by atoms with van der Waals surface area (Å²) in [6.07, 6.45) is 2.88. The Bertz CT molecular complexity index is 1790. The molecule has 0 aliphatic carbocycles. The van der Waals surface area contributed by atoms with E-state index in [1.165, 1.54) is 18.6 Å². The van der Waals surface area contributed by atoms with Gasteiger partial charge >= 0.3 is 5.63 Å². The molecule has 4 heterocycles. The zero-order chi connectivity index (χ0) is 24.8. The Morgan fingerprint density at radius 2 is 1.67 bits per heavy atom. The minimum absolute atomic E-state index is 0.106. The topological polar surface area (TPSA) is 133 Å². The number of nitrogens with zero attached hydrogens (tertiary/aromatic N) is 5. The van der Waals surface area contributed by atoms with E-state index in [9.17, 15) is 9.90 Å². The SMILES string of the molecule is CC(c1oc(=O)c2ccccc2c1-c1ccccc1)n1nc(-c2ccc(O)nc2)c2c(N)ncnc21. The zero-order valence-electron chi connectivity index (χ0n) is 19.2. The molecule has 0 radical (unpaired) electrons. The second-order valence-electron chi connectivity index (χ2n) is 8.37. The Morgan fingerprint density at radius 3 is 2.42 bits per heavy atom. The van der Waals surface area contributed by atoms with E-state index in [1.807, 2.05) is 55.5 Å². The quantitative estimate of drug-likeness (QED) is 0.378. The summed E-state index contributed by atoms with van der Waals surface area (Å²) >= 11 is 0. The van der Waals surface area contributed by atoms with Crippen molar-refractivity contribution in [2.45, 2.75) is 13.0 Å². The normalized spacial score (nSPS) is 12.2. The number of fused-ring (bicyclic) bond motifs is 2. The van der Waals surface area contributed by atoms with Crippen LogP contribution in [0.4, 0.5) is 5.82 Å². The van der Waals surface area contributed by atoms with Crippen LogP contribution in [0.2, 0.25) is 0 Å². The maximum atomic E-state index is 13.0. The van der Waals surface area contributed by atoms with Gasteiger partial charge in [-0.2, -0.15) is 5.10 Å². The molecular formula is C27H20N6O3. The van der Waals surface area contributed by atoms with Crippen LogP contribution in [0.1, 0.15) is 18.7 Å². The van der Waals surface area contributed by atoms with Crippen molar-refractivity contribution >= 4 is 27.6 Å². The van der Waals surface area contributed by atoms with Crippen LogP contribution in [0.25, 0.3) is 44.2 Å². The molecule has 9 nitrogen and oxygen atoms in total. The standard InChI is InChI=1S/C27H20N6O3/c1-15(24-21(16-7-3-2-4-8-16)18-9-5-6-10-19(18)27(35)36-24)33-26-22(25(28)30-14-31-26)23(32-33)17-11-12-20(34)29-13-17/h2-15H,1H3,(H,29,34)(H2,28,30,31). The van der Waals surface area contributed by atoms with E-state index in [2.05, 4.69) is 15.0 Å². The van der Waals surface area contributed by atoms with Crippen molar-refractivity contribution in [3.8, 4) is 28.3 Å². The summed E-state index contributed by atoms with van der Waals surface area (Å²) < 4.78 is 7.64. The molecule has 36 heavy (non-hydrogen) atoms. The maximum Gasteiger partial charge on any atom is 0.343 e. The highest BCUT2D eigenvalue weighted by atomic mass is 16.4. The van der Waals surface area contributed by atoms with Crippen molar-refractivity contribution in [1.82, 2.24) is 24.7 Å². The number of nitrogen functional groups attached to an aromatic ring is 1. The van der Waals surface area contributed by atoms with E-state index < -0.39 is 11.7 Å². The number of nitrogens with two attached hydrogens (primary N) is 1. The predicted molar refractivity (Wildman–Crippen MR) is 136 cm³/mol. The van der Waals surface area contributed by atoms with Crippen LogP contribution < -0.4 is 11.4 Å². The van der Waals surface area contributed by atoms with Gasteiger partial charge in [0.25, 0.3) is 0 Å². The molecule has 0 bridgehead atoms. The molecule has 2 aromatic carbocycles. The number of anilines is 1. The first-order valence-electron chi connectivity index (χ1n) is 11.3. The van der Waals surface area contributed by atoms with Gasteiger partial charge in [-0.15, -0.1) is 0 Å². The molecule has 1 unspecified atom stereocenters. The average molecular weight is 476 g/mol. The van der Waals surface area contributed by atoms with Crippen LogP contribution in [-0.4, -0.2) is 29.8 Å². The third-order valence-corrected chi connectivity index (χ3v) is 6.21. The Kier molecular flexibility index (Phi) is 4.96. The molecular weight excluding hydrogens is 456 g/mol. The highest BCUT2D eigenvalue weighted by Gasteiger charge is 2.26. The minimum Gasteiger partial charge on any atom is -0.493 e. The lowest BCUT2D eigenvalue weighted by molar-refractivity contribution is 0.405. The van der Waals surface area contributed by atoms with Gasteiger partial charge in [0.05, 0.1) is 10.8 Å². The molecule has 3 N–H and O–H groups in total. The van der Waals surface area contributed by atoms with Crippen molar-refractivity contribution in [3.63, 3.8) is 0 Å². The van der Waals surface area contributed by atoms with Gasteiger partial charge < -0.3 is 15.3 Å². The lowest BCUT2D eigenvalue weighted by Gasteiger charge is -2.18. The van der Waals surface area contributed by atoms with Crippen molar-refractivity contribution in [2.75, 3.05) is 5.73 Å². The molecule has 1 atom stereocenters. The summed E-state index contributed by atoms with van der Waals surface area (Å²) in [6, 6.07) is 19.8. The molecule has 6 aromatic rings. The van der Waals surface area contributed by atoms with E-state index in [4.69, 9.17) is 15.2 Å². The highest BCUT2D eigenvalue weighted by molar-refractivity contribution is 5.99. The second kappa shape index (κ2) is 8.31. The fraction of sp³-hybridized carbons (Fsp3) is 0.0741. The van der Waals surface area contributed by atoms with Crippen molar-refractivity contribution in [2.24, 2.45) is 0 Å². The maximum absolute atomic E-state index is 13.0. The average Bonchev–Trinajstić information content (AvgIpc) is 3.30. The lowest BCUT2D eigenvalue weighted by Crippen LogP contribution is -2.14. The first-order chi connectivity index (χ1) is 17.5. The number of benzene rings is 2. The van der Waals surface area contributed by atoms with Gasteiger partial charge in [-0.1, -0.05) is 48.5 Å². The van der Waals surface area contributed by atoms with Crippen LogP contribution in [0.5, 0.6) is 5.88 Å². The molecule has 0 fully saturated rings. The number of aromatic hydroxyl groups is 1. The third kappa shape index (κ3) is 3.37. The van der Waals surface area contributed by atoms with Crippen LogP contribution in [0.15, 0.2) is 88.5 Å². The fourth-order valence-electron chi connectivity index (χ4n) is 4.52. The largest absolute Gasteiger partial charge is 0.493 e. The van der Waals surface area contributed by atoms with Crippen molar-refractivity contribution in [1.29, 1.82) is 0 Å². The first-order valence-corrected chi connectivity index (χ1v) is 11.3. The Labute approximate surface area is 204 Å². The van der Waals surface area contributed by atoms with Crippen LogP contribution in [-0.2, 0) is 0 Å². The lowest BCUT2D eigenvalue weighted by atomic mass is 9.96. The third-order valence-electron chi connectivity index (χ3n) is 6.21. The van der Waals surface area contributed by atoms with Gasteiger partial charge in [-0.25, -0.2) is 24.4 Å². The molecule has 9 heteroatoms. The second-order valence-corrected chi connectivity index (χ2v) is 8.37. The van der Waals surface area contributed by atoms with Gasteiger partial charge in [-0.05, 0) is 24.6 Å². The molecule has 4 aromatic heterocycles. The minimum atomic E-state index is -0.534. The van der Waals surface area contributed by atoms with Crippen LogP contribution >= 0.6 is 0 Å². The molecule has 6 rings (SSSR count). The summed E-state index contributed by atoms with van der Waals surface area (Å²) in [5.41, 5.74) is 9.15. The number of pyridine rings is 1. The summed E-state index contributed by atoms with van der Waals surface area (Å²) in [5, 5.41) is 16.3. The van der Waals surface area contributed by atoms with Crippen molar-refractivity contribution < 1.29 is 9.52 Å². The summed E-state index contributed by atoms with van der Waals surface area (Å²) in [6.45, 7) is 1.89. The van der Waals surface area contributed by atoms with Gasteiger partial charge in [0.1, 0.15) is 29.6 Å². The summed E-state index contributed by atoms with van der Waals surface area (Å²) in [4.78, 5) is 25.6. The monoisotopic (exact) mass is 476 g/mol. The molecule has 0 aliphatic rings. The number of rotatable bonds is 4. The number of hydrogen-bond acceptors (Lipinski definition) is 8. The zero-order valence-corrected chi connectivity index (χ0v) is 19.2. The van der Waals surface area contributed by atoms with Gasteiger partial charge in [0.2, 0.25) is 5.88 Å². The van der Waals surface area contributed by atoms with Crippen molar-refractivity contribution in [3.05, 3.63) is 95.4 Å². The Morgan fingerprint density at radius 1 is 0.917 bits per heavy atom. The molecule has 176 valence electrons. The smallest absolute Gasteiger partial charge is 0.343 e. The van der Waals surface area contributed by atoms with E-state index in [0.29, 0.717) is 33.4 Å². The van der Waals surface area contributed by atoms with E-state index in [1.54, 1.807) is 16.8 Å². The fourth-order valence-corrected chi connectivity index (χ4v) is 4.52. The number of hydrogen-bond donors (Lipinski definition) is 2. The molecule has 0 spiro atoms. The molecule has 0 amide bonds. The van der Waals surface area contributed by atoms with Gasteiger partial charge in [-0.3, -0.25) is 0 Å². The van der Waals surface area contributed by atoms with Crippen LogP contribution in [0.3, 0.4) is 0 Å². The highest BCUT2D eigenvalue weighted by Crippen LogP contribution is 2.38. The predicted octanol–water partition coefficient (Wildman–Crippen LogP) is 4.56. The van der Waals surface area contributed by atoms with Gasteiger partial charge in [0, 0.05) is 28.8 Å². The summed E-state index contributed by atoms with van der Waals surface area (Å²) in [7, 11) is 0. The van der Waals surface area contributed by atoms with Crippen LogP contribution in [0, 0.1) is 0 Å². The van der Waals surface area contributed by atoms with E-state index in [-0.39, 0.29) is 11.7 Å². The van der Waals surface area contributed by atoms with E-state index in [0.717, 1.165) is 16.5 Å². The molecule has 0 saturated heterocycles. The first kappa shape index (κ1) is 21.5. The Balaban J connectivity index is 1.64. The molecule has 0 aliphatic heterocycles. The van der Waals surface area contributed by atoms with E-state index >= 15 is 0 Å². The summed E-state index contributed by atoms with van der Waals surface area (Å²) in [5.74, 6) is 0.595.